The van der Waals surface area contributed by atoms with Gasteiger partial charge in [0.25, 0.3) is 11.8 Å². The van der Waals surface area contributed by atoms with Crippen molar-refractivity contribution in [1.82, 2.24) is 20.6 Å². The largest absolute Gasteiger partial charge is 0.363 e. The zero-order chi connectivity index (χ0) is 28.1. The Bertz CT molecular complexity index is 1490. The quantitative estimate of drug-likeness (QED) is 0.281. The lowest BCUT2D eigenvalue weighted by Gasteiger charge is -2.30. The number of nitrogens with one attached hydrogen (secondary N) is 3. The van der Waals surface area contributed by atoms with Crippen LogP contribution in [0.4, 0.5) is 11.8 Å². The molecule has 40 heavy (non-hydrogen) atoms. The second kappa shape index (κ2) is 12.2. The molecule has 8 nitrogen and oxygen atoms in total. The molecule has 1 heterocycles. The van der Waals surface area contributed by atoms with Crippen molar-refractivity contribution in [3.05, 3.63) is 95.7 Å². The van der Waals surface area contributed by atoms with E-state index in [-0.39, 0.29) is 29.9 Å². The average molecular weight is 537 g/mol. The lowest BCUT2D eigenvalue weighted by molar-refractivity contribution is 0.0897. The second-order valence-corrected chi connectivity index (χ2v) is 10.6. The Hall–Kier alpha value is -4.46. The highest BCUT2D eigenvalue weighted by Gasteiger charge is 2.25. The van der Waals surface area contributed by atoms with Crippen LogP contribution in [-0.4, -0.2) is 48.0 Å². The lowest BCUT2D eigenvalue weighted by atomic mass is 9.91. The molecule has 0 radical (unpaired) electrons. The van der Waals surface area contributed by atoms with Gasteiger partial charge in [-0.1, -0.05) is 54.6 Å². The maximum Gasteiger partial charge on any atom is 0.252 e. The fraction of sp³-hybridized carbons (Fsp3) is 0.312. The van der Waals surface area contributed by atoms with E-state index in [1.54, 1.807) is 30.5 Å². The van der Waals surface area contributed by atoms with E-state index in [0.29, 0.717) is 17.1 Å². The number of hydrogen-bond acceptors (Lipinski definition) is 6. The second-order valence-electron chi connectivity index (χ2n) is 10.6. The van der Waals surface area contributed by atoms with Crippen molar-refractivity contribution in [1.29, 1.82) is 0 Å². The lowest BCUT2D eigenvalue weighted by Crippen LogP contribution is -2.41. The van der Waals surface area contributed by atoms with E-state index in [4.69, 9.17) is 0 Å². The SMILES string of the molecule is C[C@@H](NC(=O)c1ccccc1C(=O)NC1CCC(Nc2nccc(N(C)C)n2)CC1)c1cccc2ccccc12. The Labute approximate surface area is 235 Å². The van der Waals surface area contributed by atoms with Crippen LogP contribution in [0.2, 0.25) is 0 Å². The molecule has 0 bridgehead atoms. The van der Waals surface area contributed by atoms with Crippen LogP contribution in [0.25, 0.3) is 10.8 Å². The number of hydrogen-bond donors (Lipinski definition) is 3. The number of benzene rings is 3. The van der Waals surface area contributed by atoms with Gasteiger partial charge >= 0.3 is 0 Å². The first kappa shape index (κ1) is 27.1. The summed E-state index contributed by atoms with van der Waals surface area (Å²) >= 11 is 0. The van der Waals surface area contributed by atoms with Crippen LogP contribution in [0.1, 0.15) is 64.9 Å². The molecule has 1 saturated carbocycles. The van der Waals surface area contributed by atoms with Crippen molar-refractivity contribution in [2.24, 2.45) is 0 Å². The highest BCUT2D eigenvalue weighted by atomic mass is 16.2. The van der Waals surface area contributed by atoms with Crippen LogP contribution in [0, 0.1) is 0 Å². The maximum absolute atomic E-state index is 13.4. The molecule has 1 aliphatic rings. The van der Waals surface area contributed by atoms with Crippen molar-refractivity contribution in [3.63, 3.8) is 0 Å². The van der Waals surface area contributed by atoms with Gasteiger partial charge in [-0.3, -0.25) is 9.59 Å². The topological polar surface area (TPSA) is 99.2 Å². The van der Waals surface area contributed by atoms with Crippen molar-refractivity contribution in [2.75, 3.05) is 24.3 Å². The van der Waals surface area contributed by atoms with Crippen molar-refractivity contribution >= 4 is 34.4 Å². The number of rotatable bonds is 8. The summed E-state index contributed by atoms with van der Waals surface area (Å²) in [7, 11) is 3.90. The van der Waals surface area contributed by atoms with Crippen LogP contribution in [0.3, 0.4) is 0 Å². The summed E-state index contributed by atoms with van der Waals surface area (Å²) in [6.07, 6.45) is 5.22. The van der Waals surface area contributed by atoms with Crippen molar-refractivity contribution < 1.29 is 9.59 Å². The summed E-state index contributed by atoms with van der Waals surface area (Å²) in [5, 5.41) is 11.9. The number of carbonyl (C=O) groups is 2. The molecule has 0 saturated heterocycles. The number of amides is 2. The molecule has 206 valence electrons. The molecule has 1 atom stereocenters. The van der Waals surface area contributed by atoms with Crippen LogP contribution >= 0.6 is 0 Å². The van der Waals surface area contributed by atoms with Crippen LogP contribution in [-0.2, 0) is 0 Å². The fourth-order valence-electron chi connectivity index (χ4n) is 5.35. The molecule has 4 aromatic rings. The first-order valence-corrected chi connectivity index (χ1v) is 13.8. The van der Waals surface area contributed by atoms with Gasteiger partial charge in [-0.05, 0) is 67.1 Å². The number of nitrogens with zero attached hydrogens (tertiary/aromatic N) is 3. The normalized spacial score (nSPS) is 17.6. The van der Waals surface area contributed by atoms with Crippen LogP contribution in [0.15, 0.2) is 79.0 Å². The molecule has 0 aliphatic heterocycles. The monoisotopic (exact) mass is 536 g/mol. The Morgan fingerprint density at radius 1 is 0.825 bits per heavy atom. The van der Waals surface area contributed by atoms with Gasteiger partial charge in [0, 0.05) is 32.4 Å². The minimum absolute atomic E-state index is 0.0466. The van der Waals surface area contributed by atoms with E-state index < -0.39 is 0 Å². The van der Waals surface area contributed by atoms with Crippen LogP contribution in [0.5, 0.6) is 0 Å². The zero-order valence-electron chi connectivity index (χ0n) is 23.2. The summed E-state index contributed by atoms with van der Waals surface area (Å²) < 4.78 is 0. The Morgan fingerprint density at radius 2 is 1.48 bits per heavy atom. The predicted octanol–water partition coefficient (Wildman–Crippen LogP) is 5.34. The van der Waals surface area contributed by atoms with Gasteiger partial charge in [0.1, 0.15) is 5.82 Å². The van der Waals surface area contributed by atoms with E-state index in [0.717, 1.165) is 47.8 Å². The molecule has 5 rings (SSSR count). The summed E-state index contributed by atoms with van der Waals surface area (Å²) in [5.74, 6) is 0.991. The first-order chi connectivity index (χ1) is 19.4. The fourth-order valence-corrected chi connectivity index (χ4v) is 5.35. The number of carbonyl (C=O) groups excluding carboxylic acids is 2. The Balaban J connectivity index is 1.19. The Kier molecular flexibility index (Phi) is 8.24. The van der Waals surface area contributed by atoms with E-state index in [1.165, 1.54) is 0 Å². The summed E-state index contributed by atoms with van der Waals surface area (Å²) in [6.45, 7) is 1.97. The van der Waals surface area contributed by atoms with E-state index in [1.807, 2.05) is 56.3 Å². The number of aromatic nitrogens is 2. The molecular weight excluding hydrogens is 500 g/mol. The third-order valence-corrected chi connectivity index (χ3v) is 7.55. The van der Waals surface area contributed by atoms with Crippen LogP contribution < -0.4 is 20.9 Å². The number of fused-ring (bicyclic) bond motifs is 1. The molecule has 1 aromatic heterocycles. The highest BCUT2D eigenvalue weighted by molar-refractivity contribution is 6.07. The van der Waals surface area contributed by atoms with Gasteiger partial charge in [-0.15, -0.1) is 0 Å². The minimum atomic E-state index is -0.265. The molecule has 2 amide bonds. The minimum Gasteiger partial charge on any atom is -0.363 e. The van der Waals surface area contributed by atoms with Crippen molar-refractivity contribution in [3.8, 4) is 0 Å². The molecule has 8 heteroatoms. The molecule has 3 aromatic carbocycles. The third kappa shape index (κ3) is 6.22. The maximum atomic E-state index is 13.4. The molecule has 1 fully saturated rings. The molecule has 0 unspecified atom stereocenters. The number of anilines is 2. The van der Waals surface area contributed by atoms with E-state index in [9.17, 15) is 9.59 Å². The summed E-state index contributed by atoms with van der Waals surface area (Å²) in [5.41, 5.74) is 1.80. The smallest absolute Gasteiger partial charge is 0.252 e. The van der Waals surface area contributed by atoms with Crippen molar-refractivity contribution in [2.45, 2.75) is 50.7 Å². The van der Waals surface area contributed by atoms with Gasteiger partial charge in [-0.2, -0.15) is 4.98 Å². The molecular formula is C32H36N6O2. The average Bonchev–Trinajstić information content (AvgIpc) is 2.98. The van der Waals surface area contributed by atoms with Gasteiger partial charge in [-0.25, -0.2) is 4.98 Å². The van der Waals surface area contributed by atoms with E-state index in [2.05, 4.69) is 44.1 Å². The molecule has 0 spiro atoms. The third-order valence-electron chi connectivity index (χ3n) is 7.55. The van der Waals surface area contributed by atoms with E-state index >= 15 is 0 Å². The van der Waals surface area contributed by atoms with Gasteiger partial charge < -0.3 is 20.9 Å². The molecule has 3 N–H and O–H groups in total. The first-order valence-electron chi connectivity index (χ1n) is 13.8. The zero-order valence-corrected chi connectivity index (χ0v) is 23.2. The predicted molar refractivity (Wildman–Crippen MR) is 160 cm³/mol. The van der Waals surface area contributed by atoms with Gasteiger partial charge in [0.15, 0.2) is 0 Å². The highest BCUT2D eigenvalue weighted by Crippen LogP contribution is 2.25. The van der Waals surface area contributed by atoms with Gasteiger partial charge in [0.2, 0.25) is 5.95 Å². The summed E-state index contributed by atoms with van der Waals surface area (Å²) in [6, 6.07) is 23.2. The summed E-state index contributed by atoms with van der Waals surface area (Å²) in [4.78, 5) is 37.5. The Morgan fingerprint density at radius 3 is 2.23 bits per heavy atom. The van der Waals surface area contributed by atoms with Gasteiger partial charge in [0.05, 0.1) is 17.2 Å². The standard InChI is InChI=1S/C32H36N6O2/c1-21(25-14-8-10-22-9-4-5-11-26(22)25)34-30(39)27-12-6-7-13-28(27)31(40)35-23-15-17-24(18-16-23)36-32-33-20-19-29(37-32)38(2)3/h4-14,19-21,23-24H,15-18H2,1-3H3,(H,34,39)(H,35,40)(H,33,36,37)/t21-,23?,24?/m1/s1. The molecule has 1 aliphatic carbocycles.